The number of hydrogen-bond acceptors (Lipinski definition) is 4. The molecule has 0 atom stereocenters. The Balaban J connectivity index is 1.91. The van der Waals surface area contributed by atoms with Crippen LogP contribution in [0.3, 0.4) is 0 Å². The Morgan fingerprint density at radius 2 is 0.957 bits per heavy atom. The van der Waals surface area contributed by atoms with E-state index < -0.39 is 0 Å². The molecule has 0 heterocycles. The van der Waals surface area contributed by atoms with Gasteiger partial charge >= 0.3 is 0 Å². The summed E-state index contributed by atoms with van der Waals surface area (Å²) in [6, 6.07) is 1.57. The lowest BCUT2D eigenvalue weighted by atomic mass is 10.1. The maximum absolute atomic E-state index is 2.71. The van der Waals surface area contributed by atoms with Gasteiger partial charge in [0, 0.05) is 23.2 Å². The molecule has 0 aromatic rings. The third-order valence-electron chi connectivity index (χ3n) is 5.02. The first-order valence-corrected chi connectivity index (χ1v) is 11.4. The summed E-state index contributed by atoms with van der Waals surface area (Å²) in [6.45, 7) is 14.3. The SMILES string of the molecule is CC(C)(C)N(SCSN(C1CCCC1)C(C)(C)C)C1CCCC1. The lowest BCUT2D eigenvalue weighted by Gasteiger charge is -2.42. The Morgan fingerprint density at radius 1 is 0.652 bits per heavy atom. The molecule has 0 spiro atoms. The molecule has 0 bridgehead atoms. The van der Waals surface area contributed by atoms with E-state index in [9.17, 15) is 0 Å². The molecule has 23 heavy (non-hydrogen) atoms. The van der Waals surface area contributed by atoms with Crippen LogP contribution in [0.1, 0.15) is 92.9 Å². The molecule has 0 aromatic heterocycles. The van der Waals surface area contributed by atoms with Gasteiger partial charge in [0.25, 0.3) is 0 Å². The van der Waals surface area contributed by atoms with E-state index in [1.807, 2.05) is 0 Å². The Bertz CT molecular complexity index is 313. The van der Waals surface area contributed by atoms with Gasteiger partial charge in [0.2, 0.25) is 0 Å². The van der Waals surface area contributed by atoms with Crippen LogP contribution in [0.5, 0.6) is 0 Å². The largest absolute Gasteiger partial charge is 0.241 e. The zero-order valence-electron chi connectivity index (χ0n) is 16.2. The fourth-order valence-electron chi connectivity index (χ4n) is 4.11. The quantitative estimate of drug-likeness (QED) is 0.404. The monoisotopic (exact) mass is 358 g/mol. The van der Waals surface area contributed by atoms with Gasteiger partial charge in [0.15, 0.2) is 0 Å². The van der Waals surface area contributed by atoms with Gasteiger partial charge in [-0.05, 0) is 67.2 Å². The van der Waals surface area contributed by atoms with Crippen molar-refractivity contribution < 1.29 is 0 Å². The molecule has 0 radical (unpaired) electrons. The van der Waals surface area contributed by atoms with E-state index in [0.29, 0.717) is 0 Å². The van der Waals surface area contributed by atoms with Crippen molar-refractivity contribution in [1.29, 1.82) is 0 Å². The van der Waals surface area contributed by atoms with Crippen molar-refractivity contribution in [2.45, 2.75) is 116 Å². The van der Waals surface area contributed by atoms with Crippen molar-refractivity contribution in [1.82, 2.24) is 8.61 Å². The number of rotatable bonds is 6. The molecule has 2 saturated carbocycles. The summed E-state index contributed by atoms with van der Waals surface area (Å²) in [5.74, 6) is 0. The lowest BCUT2D eigenvalue weighted by Crippen LogP contribution is -2.44. The minimum absolute atomic E-state index is 0.264. The van der Waals surface area contributed by atoms with Crippen LogP contribution in [0.4, 0.5) is 0 Å². The molecule has 2 aliphatic carbocycles. The molecule has 0 amide bonds. The van der Waals surface area contributed by atoms with E-state index >= 15 is 0 Å². The first kappa shape index (κ1) is 19.9. The van der Waals surface area contributed by atoms with Crippen LogP contribution in [0.2, 0.25) is 0 Å². The van der Waals surface area contributed by atoms with Crippen LogP contribution in [0.25, 0.3) is 0 Å². The van der Waals surface area contributed by atoms with Gasteiger partial charge in [-0.3, -0.25) is 0 Å². The average Bonchev–Trinajstić information content (AvgIpc) is 3.08. The van der Waals surface area contributed by atoms with Gasteiger partial charge in [-0.2, -0.15) is 0 Å². The maximum atomic E-state index is 2.71. The zero-order valence-corrected chi connectivity index (χ0v) is 17.9. The Hall–Kier alpha value is 0.620. The maximum Gasteiger partial charge on any atom is 0.0687 e. The third-order valence-corrected chi connectivity index (χ3v) is 8.11. The molecule has 0 aromatic carbocycles. The normalized spacial score (nSPS) is 21.9. The molecule has 0 saturated heterocycles. The van der Waals surface area contributed by atoms with Crippen molar-refractivity contribution in [2.75, 3.05) is 5.08 Å². The number of nitrogens with zero attached hydrogens (tertiary/aromatic N) is 2. The molecular formula is C19H38N2S2. The molecule has 0 N–H and O–H groups in total. The summed E-state index contributed by atoms with van der Waals surface area (Å²) in [7, 11) is 0. The second-order valence-corrected chi connectivity index (χ2v) is 11.5. The van der Waals surface area contributed by atoms with Gasteiger partial charge < -0.3 is 0 Å². The molecule has 0 unspecified atom stereocenters. The Kier molecular flexibility index (Phi) is 7.22. The van der Waals surface area contributed by atoms with Gasteiger partial charge in [0.1, 0.15) is 0 Å². The average molecular weight is 359 g/mol. The first-order chi connectivity index (χ1) is 10.7. The predicted octanol–water partition coefficient (Wildman–Crippen LogP) is 6.33. The Labute approximate surface area is 153 Å². The standard InChI is InChI=1S/C19H38N2S2/c1-18(2,3)20(16-11-7-8-12-16)22-15-23-21(19(4,5)6)17-13-9-10-14-17/h16-17H,7-15H2,1-6H3. The molecule has 136 valence electrons. The third kappa shape index (κ3) is 5.83. The molecular weight excluding hydrogens is 320 g/mol. The van der Waals surface area contributed by atoms with Gasteiger partial charge in [-0.15, -0.1) is 0 Å². The highest BCUT2D eigenvalue weighted by Gasteiger charge is 2.34. The second kappa shape index (κ2) is 8.33. The minimum Gasteiger partial charge on any atom is -0.241 e. The highest BCUT2D eigenvalue weighted by Crippen LogP contribution is 2.40. The van der Waals surface area contributed by atoms with Crippen LogP contribution in [-0.2, 0) is 0 Å². The lowest BCUT2D eigenvalue weighted by molar-refractivity contribution is 0.209. The highest BCUT2D eigenvalue weighted by molar-refractivity contribution is 8.13. The molecule has 2 rings (SSSR count). The summed E-state index contributed by atoms with van der Waals surface area (Å²) >= 11 is 4.17. The van der Waals surface area contributed by atoms with E-state index in [1.54, 1.807) is 0 Å². The molecule has 2 fully saturated rings. The first-order valence-electron chi connectivity index (χ1n) is 9.54. The van der Waals surface area contributed by atoms with E-state index in [4.69, 9.17) is 0 Å². The topological polar surface area (TPSA) is 6.48 Å². The van der Waals surface area contributed by atoms with Crippen LogP contribution < -0.4 is 0 Å². The van der Waals surface area contributed by atoms with Crippen molar-refractivity contribution in [3.63, 3.8) is 0 Å². The van der Waals surface area contributed by atoms with E-state index in [0.717, 1.165) is 17.2 Å². The van der Waals surface area contributed by atoms with Gasteiger partial charge in [-0.1, -0.05) is 49.6 Å². The predicted molar refractivity (Wildman–Crippen MR) is 108 cm³/mol. The number of hydrogen-bond donors (Lipinski definition) is 0. The van der Waals surface area contributed by atoms with Crippen molar-refractivity contribution in [2.24, 2.45) is 0 Å². The fraction of sp³-hybridized carbons (Fsp3) is 1.00. The van der Waals surface area contributed by atoms with E-state index in [1.165, 1.54) is 51.4 Å². The highest BCUT2D eigenvalue weighted by atomic mass is 32.2. The van der Waals surface area contributed by atoms with Crippen molar-refractivity contribution in [3.05, 3.63) is 0 Å². The molecule has 2 nitrogen and oxygen atoms in total. The Morgan fingerprint density at radius 3 is 1.22 bits per heavy atom. The summed E-state index contributed by atoms with van der Waals surface area (Å²) < 4.78 is 5.42. The molecule has 2 aliphatic rings. The van der Waals surface area contributed by atoms with Gasteiger partial charge in [0.05, 0.1) is 5.08 Å². The van der Waals surface area contributed by atoms with Crippen LogP contribution in [-0.4, -0.2) is 36.9 Å². The zero-order chi connectivity index (χ0) is 17.1. The van der Waals surface area contributed by atoms with Crippen LogP contribution >= 0.6 is 23.9 Å². The summed E-state index contributed by atoms with van der Waals surface area (Å²) in [5, 5.41) is 1.15. The minimum atomic E-state index is 0.264. The second-order valence-electron chi connectivity index (χ2n) is 9.25. The molecule has 4 heteroatoms. The van der Waals surface area contributed by atoms with Crippen LogP contribution in [0, 0.1) is 0 Å². The smallest absolute Gasteiger partial charge is 0.0687 e. The summed E-state index contributed by atoms with van der Waals surface area (Å²) in [4.78, 5) is 0. The van der Waals surface area contributed by atoms with Crippen molar-refractivity contribution in [3.8, 4) is 0 Å². The van der Waals surface area contributed by atoms with E-state index in [2.05, 4.69) is 74.0 Å². The summed E-state index contributed by atoms with van der Waals surface area (Å²) in [5.41, 5.74) is 0.528. The van der Waals surface area contributed by atoms with Gasteiger partial charge in [-0.25, -0.2) is 8.61 Å². The van der Waals surface area contributed by atoms with Crippen molar-refractivity contribution >= 4 is 23.9 Å². The van der Waals surface area contributed by atoms with E-state index in [-0.39, 0.29) is 11.1 Å². The summed E-state index contributed by atoms with van der Waals surface area (Å²) in [6.07, 6.45) is 11.2. The molecule has 0 aliphatic heterocycles. The fourth-order valence-corrected chi connectivity index (χ4v) is 6.82. The van der Waals surface area contributed by atoms with Crippen LogP contribution in [0.15, 0.2) is 0 Å².